The van der Waals surface area contributed by atoms with Crippen molar-refractivity contribution >= 4 is 10.8 Å². The number of rotatable bonds is 6. The maximum Gasteiger partial charge on any atom is 0.417 e. The molecule has 0 aliphatic heterocycles. The SMILES string of the molecule is Cc1noc(OCCCOc2cccc3ccccc23)n1. The largest absolute Gasteiger partial charge is 0.493 e. The van der Waals surface area contributed by atoms with Gasteiger partial charge >= 0.3 is 6.08 Å². The van der Waals surface area contributed by atoms with Gasteiger partial charge in [-0.05, 0) is 18.4 Å². The van der Waals surface area contributed by atoms with Crippen molar-refractivity contribution in [3.8, 4) is 11.8 Å². The molecule has 0 atom stereocenters. The summed E-state index contributed by atoms with van der Waals surface area (Å²) in [6, 6.07) is 14.2. The van der Waals surface area contributed by atoms with Gasteiger partial charge < -0.3 is 9.47 Å². The quantitative estimate of drug-likeness (QED) is 0.649. The molecule has 0 saturated heterocycles. The maximum atomic E-state index is 5.82. The van der Waals surface area contributed by atoms with Crippen LogP contribution in [0.15, 0.2) is 47.0 Å². The highest BCUT2D eigenvalue weighted by Gasteiger charge is 2.04. The molecule has 0 amide bonds. The third kappa shape index (κ3) is 3.31. The number of ether oxygens (including phenoxy) is 2. The highest BCUT2D eigenvalue weighted by atomic mass is 16.6. The third-order valence-electron chi connectivity index (χ3n) is 3.03. The number of benzene rings is 2. The Morgan fingerprint density at radius 3 is 2.67 bits per heavy atom. The zero-order valence-corrected chi connectivity index (χ0v) is 11.8. The van der Waals surface area contributed by atoms with E-state index in [2.05, 4.69) is 28.3 Å². The topological polar surface area (TPSA) is 57.4 Å². The molecule has 0 saturated carbocycles. The summed E-state index contributed by atoms with van der Waals surface area (Å²) in [5, 5.41) is 5.95. The number of aromatic nitrogens is 2. The monoisotopic (exact) mass is 284 g/mol. The maximum absolute atomic E-state index is 5.82. The highest BCUT2D eigenvalue weighted by molar-refractivity contribution is 5.88. The first-order chi connectivity index (χ1) is 10.3. The zero-order valence-electron chi connectivity index (χ0n) is 11.8. The second kappa shape index (κ2) is 6.26. The van der Waals surface area contributed by atoms with Crippen LogP contribution in [-0.2, 0) is 0 Å². The lowest BCUT2D eigenvalue weighted by atomic mass is 10.1. The summed E-state index contributed by atoms with van der Waals surface area (Å²) < 4.78 is 16.0. The van der Waals surface area contributed by atoms with E-state index < -0.39 is 0 Å². The number of hydrogen-bond acceptors (Lipinski definition) is 5. The lowest BCUT2D eigenvalue weighted by Gasteiger charge is -2.09. The van der Waals surface area contributed by atoms with E-state index in [-0.39, 0.29) is 6.08 Å². The first-order valence-electron chi connectivity index (χ1n) is 6.86. The van der Waals surface area contributed by atoms with Crippen molar-refractivity contribution < 1.29 is 14.0 Å². The molecule has 5 nitrogen and oxygen atoms in total. The van der Waals surface area contributed by atoms with Crippen molar-refractivity contribution in [1.29, 1.82) is 0 Å². The van der Waals surface area contributed by atoms with Crippen molar-refractivity contribution in [3.05, 3.63) is 48.3 Å². The van der Waals surface area contributed by atoms with Gasteiger partial charge in [-0.25, -0.2) is 0 Å². The highest BCUT2D eigenvalue weighted by Crippen LogP contribution is 2.25. The molecule has 21 heavy (non-hydrogen) atoms. The van der Waals surface area contributed by atoms with Gasteiger partial charge in [0.1, 0.15) is 5.75 Å². The fourth-order valence-electron chi connectivity index (χ4n) is 2.06. The smallest absolute Gasteiger partial charge is 0.417 e. The molecule has 0 radical (unpaired) electrons. The Kier molecular flexibility index (Phi) is 4.00. The Morgan fingerprint density at radius 1 is 1.00 bits per heavy atom. The van der Waals surface area contributed by atoms with Gasteiger partial charge in [0.2, 0.25) is 0 Å². The van der Waals surface area contributed by atoms with Gasteiger partial charge in [0.15, 0.2) is 5.82 Å². The van der Waals surface area contributed by atoms with E-state index in [1.54, 1.807) is 6.92 Å². The normalized spacial score (nSPS) is 10.7. The van der Waals surface area contributed by atoms with Crippen LogP contribution in [0, 0.1) is 6.92 Å². The number of fused-ring (bicyclic) bond motifs is 1. The van der Waals surface area contributed by atoms with E-state index in [0.29, 0.717) is 19.0 Å². The standard InChI is InChI=1S/C16H16N2O3/c1-12-17-16(21-18-12)20-11-5-10-19-15-9-4-7-13-6-2-3-8-14(13)15/h2-4,6-9H,5,10-11H2,1H3. The fourth-order valence-corrected chi connectivity index (χ4v) is 2.06. The van der Waals surface area contributed by atoms with E-state index >= 15 is 0 Å². The molecule has 0 bridgehead atoms. The van der Waals surface area contributed by atoms with Gasteiger partial charge in [0.05, 0.1) is 13.2 Å². The van der Waals surface area contributed by atoms with Gasteiger partial charge in [0, 0.05) is 11.8 Å². The molecule has 108 valence electrons. The molecule has 1 heterocycles. The Labute approximate surface area is 122 Å². The Morgan fingerprint density at radius 2 is 1.81 bits per heavy atom. The molecule has 0 aliphatic carbocycles. The van der Waals surface area contributed by atoms with Crippen LogP contribution in [0.2, 0.25) is 0 Å². The zero-order chi connectivity index (χ0) is 14.5. The van der Waals surface area contributed by atoms with Crippen molar-refractivity contribution in [1.82, 2.24) is 10.1 Å². The summed E-state index contributed by atoms with van der Waals surface area (Å²) in [6.45, 7) is 2.80. The van der Waals surface area contributed by atoms with Crippen LogP contribution in [0.4, 0.5) is 0 Å². The minimum absolute atomic E-state index is 0.206. The molecular weight excluding hydrogens is 268 g/mol. The lowest BCUT2D eigenvalue weighted by Crippen LogP contribution is -2.05. The number of hydrogen-bond donors (Lipinski definition) is 0. The second-order valence-corrected chi connectivity index (χ2v) is 4.64. The summed E-state index contributed by atoms with van der Waals surface area (Å²) in [5.41, 5.74) is 0. The molecule has 0 fully saturated rings. The van der Waals surface area contributed by atoms with Gasteiger partial charge in [-0.1, -0.05) is 41.6 Å². The van der Waals surface area contributed by atoms with Crippen molar-refractivity contribution in [2.45, 2.75) is 13.3 Å². The molecule has 2 aromatic carbocycles. The van der Waals surface area contributed by atoms with Crippen LogP contribution in [0.25, 0.3) is 10.8 Å². The summed E-state index contributed by atoms with van der Waals surface area (Å²) in [5.74, 6) is 1.46. The summed E-state index contributed by atoms with van der Waals surface area (Å²) in [6.07, 6.45) is 0.947. The number of nitrogens with zero attached hydrogens (tertiary/aromatic N) is 2. The second-order valence-electron chi connectivity index (χ2n) is 4.64. The molecule has 1 aromatic heterocycles. The van der Waals surface area contributed by atoms with Crippen LogP contribution in [0.5, 0.6) is 11.8 Å². The summed E-state index contributed by atoms with van der Waals surface area (Å²) >= 11 is 0. The van der Waals surface area contributed by atoms with Crippen LogP contribution in [0.1, 0.15) is 12.2 Å². The van der Waals surface area contributed by atoms with Crippen molar-refractivity contribution in [3.63, 3.8) is 0 Å². The predicted molar refractivity (Wildman–Crippen MR) is 78.6 cm³/mol. The van der Waals surface area contributed by atoms with E-state index in [9.17, 15) is 0 Å². The summed E-state index contributed by atoms with van der Waals surface area (Å²) in [4.78, 5) is 3.97. The van der Waals surface area contributed by atoms with Gasteiger partial charge in [-0.3, -0.25) is 4.52 Å². The Balaban J connectivity index is 1.50. The van der Waals surface area contributed by atoms with Gasteiger partial charge in [-0.15, -0.1) is 0 Å². The average molecular weight is 284 g/mol. The first-order valence-corrected chi connectivity index (χ1v) is 6.86. The Hall–Kier alpha value is -2.56. The van der Waals surface area contributed by atoms with Gasteiger partial charge in [-0.2, -0.15) is 4.98 Å². The van der Waals surface area contributed by atoms with Crippen LogP contribution < -0.4 is 9.47 Å². The summed E-state index contributed by atoms with van der Waals surface area (Å²) in [7, 11) is 0. The minimum atomic E-state index is 0.206. The fraction of sp³-hybridized carbons (Fsp3) is 0.250. The molecule has 0 N–H and O–H groups in total. The molecule has 3 rings (SSSR count). The minimum Gasteiger partial charge on any atom is -0.493 e. The van der Waals surface area contributed by atoms with Gasteiger partial charge in [0.25, 0.3) is 0 Å². The van der Waals surface area contributed by atoms with Crippen LogP contribution in [0.3, 0.4) is 0 Å². The Bertz CT molecular complexity index is 719. The molecule has 0 spiro atoms. The molecule has 5 heteroatoms. The molecule has 3 aromatic rings. The molecule has 0 unspecified atom stereocenters. The lowest BCUT2D eigenvalue weighted by molar-refractivity contribution is 0.184. The third-order valence-corrected chi connectivity index (χ3v) is 3.03. The van der Waals surface area contributed by atoms with Crippen LogP contribution >= 0.6 is 0 Å². The van der Waals surface area contributed by atoms with E-state index in [4.69, 9.17) is 14.0 Å². The predicted octanol–water partition coefficient (Wildman–Crippen LogP) is 3.38. The molecular formula is C16H16N2O3. The van der Waals surface area contributed by atoms with E-state index in [1.165, 1.54) is 5.39 Å². The first kappa shape index (κ1) is 13.4. The van der Waals surface area contributed by atoms with Crippen LogP contribution in [-0.4, -0.2) is 23.4 Å². The van der Waals surface area contributed by atoms with Crippen molar-refractivity contribution in [2.24, 2.45) is 0 Å². The molecule has 0 aliphatic rings. The van der Waals surface area contributed by atoms with E-state index in [0.717, 1.165) is 17.6 Å². The van der Waals surface area contributed by atoms with Crippen molar-refractivity contribution in [2.75, 3.05) is 13.2 Å². The van der Waals surface area contributed by atoms with E-state index in [1.807, 2.05) is 24.3 Å². The average Bonchev–Trinajstić information content (AvgIpc) is 2.92. The number of aryl methyl sites for hydroxylation is 1.